The number of benzene rings is 1. The molecule has 0 aliphatic carbocycles. The molecule has 1 aromatic carbocycles. The average Bonchev–Trinajstić information content (AvgIpc) is 3.33. The molecule has 122 valence electrons. The first kappa shape index (κ1) is 14.8. The average molecular weight is 331 g/mol. The number of carbonyl (C=O) groups is 1. The number of pyridine rings is 1. The van der Waals surface area contributed by atoms with E-state index >= 15 is 0 Å². The van der Waals surface area contributed by atoms with Crippen molar-refractivity contribution < 1.29 is 4.79 Å². The Balaban J connectivity index is 1.78. The van der Waals surface area contributed by atoms with Gasteiger partial charge >= 0.3 is 0 Å². The van der Waals surface area contributed by atoms with E-state index in [0.717, 1.165) is 11.3 Å². The Bertz CT molecular complexity index is 979. The lowest BCUT2D eigenvalue weighted by molar-refractivity contribution is 0.101. The van der Waals surface area contributed by atoms with Gasteiger partial charge in [-0.15, -0.1) is 10.2 Å². The van der Waals surface area contributed by atoms with Crippen LogP contribution in [0.4, 0.5) is 0 Å². The second-order valence-corrected chi connectivity index (χ2v) is 5.22. The van der Waals surface area contributed by atoms with Crippen LogP contribution in [0.25, 0.3) is 16.9 Å². The Morgan fingerprint density at radius 3 is 2.40 bits per heavy atom. The van der Waals surface area contributed by atoms with Gasteiger partial charge in [-0.2, -0.15) is 5.10 Å². The molecule has 0 radical (unpaired) electrons. The van der Waals surface area contributed by atoms with E-state index in [-0.39, 0.29) is 5.91 Å². The van der Waals surface area contributed by atoms with Gasteiger partial charge in [0.25, 0.3) is 5.91 Å². The molecule has 25 heavy (non-hydrogen) atoms. The van der Waals surface area contributed by atoms with Crippen molar-refractivity contribution in [2.45, 2.75) is 0 Å². The van der Waals surface area contributed by atoms with Crippen LogP contribution in [0, 0.1) is 0 Å². The van der Waals surface area contributed by atoms with E-state index in [2.05, 4.69) is 25.7 Å². The molecule has 4 rings (SSSR count). The van der Waals surface area contributed by atoms with Crippen LogP contribution in [0.3, 0.4) is 0 Å². The number of hydrogen-bond donors (Lipinski definition) is 1. The number of amides is 1. The van der Waals surface area contributed by atoms with Crippen molar-refractivity contribution in [3.63, 3.8) is 0 Å². The van der Waals surface area contributed by atoms with E-state index in [1.807, 2.05) is 42.5 Å². The summed E-state index contributed by atoms with van der Waals surface area (Å²) in [5, 5.41) is 11.9. The summed E-state index contributed by atoms with van der Waals surface area (Å²) in [5.41, 5.74) is 5.36. The molecule has 0 unspecified atom stereocenters. The highest BCUT2D eigenvalue weighted by molar-refractivity contribution is 6.04. The molecule has 0 atom stereocenters. The van der Waals surface area contributed by atoms with Crippen molar-refractivity contribution in [2.24, 2.45) is 0 Å². The van der Waals surface area contributed by atoms with Crippen LogP contribution in [0.15, 0.2) is 73.7 Å². The van der Waals surface area contributed by atoms with Gasteiger partial charge in [0.15, 0.2) is 0 Å². The van der Waals surface area contributed by atoms with Gasteiger partial charge in [0.05, 0.1) is 11.3 Å². The zero-order valence-corrected chi connectivity index (χ0v) is 13.0. The second kappa shape index (κ2) is 6.36. The van der Waals surface area contributed by atoms with Crippen LogP contribution in [0.2, 0.25) is 0 Å². The Morgan fingerprint density at radius 1 is 0.960 bits per heavy atom. The fraction of sp³-hybridized carbons (Fsp3) is 0. The molecule has 0 fully saturated rings. The van der Waals surface area contributed by atoms with Crippen molar-refractivity contribution in [3.05, 3.63) is 79.3 Å². The quantitative estimate of drug-likeness (QED) is 0.617. The third kappa shape index (κ3) is 3.00. The van der Waals surface area contributed by atoms with Gasteiger partial charge in [-0.05, 0) is 24.3 Å². The predicted molar refractivity (Wildman–Crippen MR) is 90.5 cm³/mol. The Hall–Kier alpha value is -3.81. The largest absolute Gasteiger partial charge is 0.274 e. The minimum atomic E-state index is -0.311. The fourth-order valence-electron chi connectivity index (χ4n) is 2.41. The lowest BCUT2D eigenvalue weighted by atomic mass is 10.1. The second-order valence-electron chi connectivity index (χ2n) is 5.22. The van der Waals surface area contributed by atoms with Crippen molar-refractivity contribution in [1.82, 2.24) is 29.6 Å². The maximum atomic E-state index is 12.7. The normalized spacial score (nSPS) is 10.6. The molecule has 4 aromatic rings. The topological polar surface area (TPSA) is 90.5 Å². The monoisotopic (exact) mass is 331 g/mol. The molecular weight excluding hydrogens is 318 g/mol. The molecule has 8 nitrogen and oxygen atoms in total. The highest BCUT2D eigenvalue weighted by Crippen LogP contribution is 2.23. The van der Waals surface area contributed by atoms with E-state index < -0.39 is 0 Å². The number of nitrogens with one attached hydrogen (secondary N) is 1. The number of carbonyl (C=O) groups excluding carboxylic acids is 1. The van der Waals surface area contributed by atoms with E-state index in [4.69, 9.17) is 0 Å². The van der Waals surface area contributed by atoms with Crippen LogP contribution >= 0.6 is 0 Å². The van der Waals surface area contributed by atoms with Gasteiger partial charge in [0, 0.05) is 24.2 Å². The Kier molecular flexibility index (Phi) is 3.76. The molecular formula is C17H13N7O. The van der Waals surface area contributed by atoms with Crippen molar-refractivity contribution in [3.8, 4) is 16.9 Å². The number of aromatic nitrogens is 6. The molecule has 0 saturated carbocycles. The van der Waals surface area contributed by atoms with Gasteiger partial charge in [0.1, 0.15) is 18.3 Å². The van der Waals surface area contributed by atoms with Crippen LogP contribution in [0.1, 0.15) is 10.4 Å². The standard InChI is InChI=1S/C17H13N7O/c25-17(22-23-11-19-20-12-23)15-10-24(14-4-2-1-3-5-14)21-16(15)13-6-8-18-9-7-13/h1-12H,(H,22,25). The summed E-state index contributed by atoms with van der Waals surface area (Å²) in [7, 11) is 0. The van der Waals surface area contributed by atoms with Crippen LogP contribution in [0.5, 0.6) is 0 Å². The highest BCUT2D eigenvalue weighted by atomic mass is 16.2. The molecule has 0 saturated heterocycles. The maximum Gasteiger partial charge on any atom is 0.274 e. The zero-order chi connectivity index (χ0) is 17.1. The fourth-order valence-corrected chi connectivity index (χ4v) is 2.41. The third-order valence-electron chi connectivity index (χ3n) is 3.58. The minimum Gasteiger partial charge on any atom is -0.267 e. The van der Waals surface area contributed by atoms with Crippen LogP contribution in [-0.4, -0.2) is 35.5 Å². The molecule has 0 aliphatic rings. The first-order chi connectivity index (χ1) is 12.3. The van der Waals surface area contributed by atoms with Gasteiger partial charge in [0.2, 0.25) is 0 Å². The maximum absolute atomic E-state index is 12.7. The van der Waals surface area contributed by atoms with E-state index in [1.165, 1.54) is 17.3 Å². The highest BCUT2D eigenvalue weighted by Gasteiger charge is 2.19. The lowest BCUT2D eigenvalue weighted by Crippen LogP contribution is -2.21. The molecule has 0 spiro atoms. The molecule has 1 amide bonds. The van der Waals surface area contributed by atoms with E-state index in [9.17, 15) is 4.79 Å². The molecule has 3 aromatic heterocycles. The van der Waals surface area contributed by atoms with Gasteiger partial charge in [-0.3, -0.25) is 15.2 Å². The summed E-state index contributed by atoms with van der Waals surface area (Å²) in [6.45, 7) is 0. The van der Waals surface area contributed by atoms with Gasteiger partial charge in [-0.25, -0.2) is 9.36 Å². The predicted octanol–water partition coefficient (Wildman–Crippen LogP) is 1.91. The summed E-state index contributed by atoms with van der Waals surface area (Å²) < 4.78 is 3.06. The summed E-state index contributed by atoms with van der Waals surface area (Å²) in [6, 6.07) is 13.2. The van der Waals surface area contributed by atoms with Crippen molar-refractivity contribution in [1.29, 1.82) is 0 Å². The smallest absolute Gasteiger partial charge is 0.267 e. The Morgan fingerprint density at radius 2 is 1.68 bits per heavy atom. The summed E-state index contributed by atoms with van der Waals surface area (Å²) in [6.07, 6.45) is 7.85. The Labute approximate surface area is 142 Å². The molecule has 0 aliphatic heterocycles. The molecule has 0 bridgehead atoms. The third-order valence-corrected chi connectivity index (χ3v) is 3.58. The molecule has 8 heteroatoms. The number of para-hydroxylation sites is 1. The number of nitrogens with zero attached hydrogens (tertiary/aromatic N) is 6. The summed E-state index contributed by atoms with van der Waals surface area (Å²) >= 11 is 0. The van der Waals surface area contributed by atoms with Gasteiger partial charge in [-0.1, -0.05) is 18.2 Å². The molecule has 3 heterocycles. The van der Waals surface area contributed by atoms with Crippen LogP contribution in [-0.2, 0) is 0 Å². The minimum absolute atomic E-state index is 0.311. The number of hydrogen-bond acceptors (Lipinski definition) is 5. The van der Waals surface area contributed by atoms with Crippen molar-refractivity contribution >= 4 is 5.91 Å². The van der Waals surface area contributed by atoms with E-state index in [1.54, 1.807) is 23.3 Å². The summed E-state index contributed by atoms with van der Waals surface area (Å²) in [5.74, 6) is -0.311. The van der Waals surface area contributed by atoms with Crippen LogP contribution < -0.4 is 5.43 Å². The van der Waals surface area contributed by atoms with Crippen molar-refractivity contribution in [2.75, 3.05) is 5.43 Å². The number of rotatable bonds is 4. The first-order valence-electron chi connectivity index (χ1n) is 7.53. The SMILES string of the molecule is O=C(Nn1cnnc1)c1cn(-c2ccccc2)nc1-c1ccncc1. The zero-order valence-electron chi connectivity index (χ0n) is 13.0. The van der Waals surface area contributed by atoms with E-state index in [0.29, 0.717) is 11.3 Å². The first-order valence-corrected chi connectivity index (χ1v) is 7.53. The summed E-state index contributed by atoms with van der Waals surface area (Å²) in [4.78, 5) is 16.7. The lowest BCUT2D eigenvalue weighted by Gasteiger charge is -2.04. The van der Waals surface area contributed by atoms with Gasteiger partial charge < -0.3 is 0 Å². The molecule has 1 N–H and O–H groups in total.